The van der Waals surface area contributed by atoms with Gasteiger partial charge in [0, 0.05) is 31.5 Å². The van der Waals surface area contributed by atoms with Crippen LogP contribution in [0.15, 0.2) is 91.3 Å². The Labute approximate surface area is 202 Å². The van der Waals surface area contributed by atoms with E-state index in [4.69, 9.17) is 9.97 Å². The lowest BCUT2D eigenvalue weighted by Gasteiger charge is -2.12. The van der Waals surface area contributed by atoms with E-state index in [-0.39, 0.29) is 25.4 Å². The predicted octanol–water partition coefficient (Wildman–Crippen LogP) is 5.74. The van der Waals surface area contributed by atoms with Crippen LogP contribution >= 0.6 is 0 Å². The van der Waals surface area contributed by atoms with Crippen molar-refractivity contribution in [1.29, 1.82) is 0 Å². The summed E-state index contributed by atoms with van der Waals surface area (Å²) in [6.45, 7) is 0.336. The van der Waals surface area contributed by atoms with Gasteiger partial charge in [-0.25, -0.2) is 18.7 Å². The van der Waals surface area contributed by atoms with Crippen LogP contribution in [0.2, 0.25) is 0 Å². The molecule has 0 bridgehead atoms. The van der Waals surface area contributed by atoms with Crippen LogP contribution in [0.1, 0.15) is 12.6 Å². The Morgan fingerprint density at radius 2 is 1.40 bits per heavy atom. The number of hydrogen-bond acceptors (Lipinski definition) is 4. The van der Waals surface area contributed by atoms with Crippen LogP contribution in [-0.4, -0.2) is 20.9 Å². The van der Waals surface area contributed by atoms with Crippen molar-refractivity contribution in [3.63, 3.8) is 0 Å². The van der Waals surface area contributed by atoms with Gasteiger partial charge >= 0.3 is 0 Å². The first kappa shape index (κ1) is 22.3. The van der Waals surface area contributed by atoms with Crippen molar-refractivity contribution in [1.82, 2.24) is 20.3 Å². The minimum atomic E-state index is -0.352. The van der Waals surface area contributed by atoms with E-state index in [0.29, 0.717) is 40.1 Å². The molecule has 0 atom stereocenters. The minimum Gasteiger partial charge on any atom is -0.352 e. The summed E-state index contributed by atoms with van der Waals surface area (Å²) in [4.78, 5) is 26.0. The molecule has 2 aromatic heterocycles. The maximum Gasteiger partial charge on any atom is 0.224 e. The molecule has 1 amide bonds. The van der Waals surface area contributed by atoms with E-state index in [1.165, 1.54) is 24.3 Å². The molecule has 7 heteroatoms. The van der Waals surface area contributed by atoms with Gasteiger partial charge in [-0.2, -0.15) is 0 Å². The Bertz CT molecular complexity index is 1490. The Morgan fingerprint density at radius 3 is 2.00 bits per heavy atom. The highest BCUT2D eigenvalue weighted by Crippen LogP contribution is 2.31. The second kappa shape index (κ2) is 9.77. The standard InChI is InChI=1S/C28H20F2N4O.H2/c29-22-8-4-20(5-9-22)27-28(21-6-10-23(30)11-7-21)34-25-14-19(3-12-24(25)33-27)17-32-26(35)15-18-2-1-13-31-16-18;/h1-14,16H,15,17H2,(H,32,35);1H. The highest BCUT2D eigenvalue weighted by molar-refractivity contribution is 5.86. The van der Waals surface area contributed by atoms with Crippen molar-refractivity contribution >= 4 is 16.9 Å². The van der Waals surface area contributed by atoms with Gasteiger partial charge < -0.3 is 5.32 Å². The molecule has 0 unspecified atom stereocenters. The van der Waals surface area contributed by atoms with E-state index >= 15 is 0 Å². The highest BCUT2D eigenvalue weighted by Gasteiger charge is 2.14. The topological polar surface area (TPSA) is 67.8 Å². The van der Waals surface area contributed by atoms with Gasteiger partial charge in [0.15, 0.2) is 0 Å². The normalized spacial score (nSPS) is 10.9. The minimum absolute atomic E-state index is 0. The Hall–Kier alpha value is -4.52. The van der Waals surface area contributed by atoms with Crippen LogP contribution in [0.4, 0.5) is 8.78 Å². The third-order valence-electron chi connectivity index (χ3n) is 5.54. The van der Waals surface area contributed by atoms with Crippen molar-refractivity contribution < 1.29 is 15.0 Å². The van der Waals surface area contributed by atoms with Crippen molar-refractivity contribution in [2.24, 2.45) is 0 Å². The quantitative estimate of drug-likeness (QED) is 0.345. The maximum atomic E-state index is 13.5. The van der Waals surface area contributed by atoms with E-state index in [0.717, 1.165) is 11.1 Å². The monoisotopic (exact) mass is 468 g/mol. The van der Waals surface area contributed by atoms with Gasteiger partial charge in [0.05, 0.1) is 28.8 Å². The SMILES string of the molecule is O=C(Cc1cccnc1)NCc1ccc2nc(-c3ccc(F)cc3)c(-c3ccc(F)cc3)nc2c1.[HH]. The summed E-state index contributed by atoms with van der Waals surface area (Å²) in [5.74, 6) is -0.806. The van der Waals surface area contributed by atoms with E-state index in [9.17, 15) is 13.6 Å². The first-order valence-electron chi connectivity index (χ1n) is 11.0. The molecule has 5 nitrogen and oxygen atoms in total. The number of pyridine rings is 1. The lowest BCUT2D eigenvalue weighted by molar-refractivity contribution is -0.120. The van der Waals surface area contributed by atoms with Crippen LogP contribution in [0, 0.1) is 11.6 Å². The third-order valence-corrected chi connectivity index (χ3v) is 5.54. The Kier molecular flexibility index (Phi) is 6.22. The molecule has 0 spiro atoms. The molecule has 5 rings (SSSR count). The van der Waals surface area contributed by atoms with Gasteiger partial charge in [-0.3, -0.25) is 9.78 Å². The van der Waals surface area contributed by atoms with Crippen molar-refractivity contribution in [3.05, 3.63) is 114 Å². The zero-order valence-corrected chi connectivity index (χ0v) is 18.6. The van der Waals surface area contributed by atoms with Crippen molar-refractivity contribution in [3.8, 4) is 22.5 Å². The molecule has 0 aliphatic carbocycles. The van der Waals surface area contributed by atoms with Gasteiger partial charge in [0.2, 0.25) is 5.91 Å². The number of nitrogens with one attached hydrogen (secondary N) is 1. The fourth-order valence-electron chi connectivity index (χ4n) is 3.78. The van der Waals surface area contributed by atoms with E-state index in [1.54, 1.807) is 42.7 Å². The van der Waals surface area contributed by atoms with E-state index in [1.807, 2.05) is 24.3 Å². The summed E-state index contributed by atoms with van der Waals surface area (Å²) >= 11 is 0. The Balaban J connectivity index is 0.00000304. The molecule has 0 aliphatic rings. The van der Waals surface area contributed by atoms with Crippen LogP contribution in [0.5, 0.6) is 0 Å². The average molecular weight is 469 g/mol. The molecule has 0 fully saturated rings. The largest absolute Gasteiger partial charge is 0.352 e. The number of rotatable bonds is 6. The number of halogens is 2. The summed E-state index contributed by atoms with van der Waals surface area (Å²) in [5.41, 5.74) is 5.51. The smallest absolute Gasteiger partial charge is 0.224 e. The number of hydrogen-bond donors (Lipinski definition) is 1. The van der Waals surface area contributed by atoms with E-state index in [2.05, 4.69) is 10.3 Å². The number of aromatic nitrogens is 3. The van der Waals surface area contributed by atoms with Gasteiger partial charge in [0.1, 0.15) is 11.6 Å². The molecule has 5 aromatic rings. The molecular weight excluding hydrogens is 446 g/mol. The summed E-state index contributed by atoms with van der Waals surface area (Å²) in [7, 11) is 0. The second-order valence-electron chi connectivity index (χ2n) is 8.07. The van der Waals surface area contributed by atoms with Crippen LogP contribution in [0.3, 0.4) is 0 Å². The number of carbonyl (C=O) groups excluding carboxylic acids is 1. The zero-order valence-electron chi connectivity index (χ0n) is 18.6. The molecule has 174 valence electrons. The fraction of sp³-hybridized carbons (Fsp3) is 0.0714. The van der Waals surface area contributed by atoms with Gasteiger partial charge in [-0.1, -0.05) is 12.1 Å². The Morgan fingerprint density at radius 1 is 0.771 bits per heavy atom. The average Bonchev–Trinajstić information content (AvgIpc) is 2.88. The molecule has 0 saturated heterocycles. The number of benzene rings is 3. The number of amides is 1. The highest BCUT2D eigenvalue weighted by atomic mass is 19.1. The molecule has 0 radical (unpaired) electrons. The molecule has 1 N–H and O–H groups in total. The predicted molar refractivity (Wildman–Crippen MR) is 132 cm³/mol. The third kappa shape index (κ3) is 5.19. The number of fused-ring (bicyclic) bond motifs is 1. The van der Waals surface area contributed by atoms with E-state index < -0.39 is 0 Å². The summed E-state index contributed by atoms with van der Waals surface area (Å²) in [6, 6.07) is 21.3. The first-order valence-corrected chi connectivity index (χ1v) is 11.0. The lowest BCUT2D eigenvalue weighted by atomic mass is 10.0. The van der Waals surface area contributed by atoms with Gasteiger partial charge in [-0.05, 0) is 77.9 Å². The number of nitrogens with zero attached hydrogens (tertiary/aromatic N) is 3. The fourth-order valence-corrected chi connectivity index (χ4v) is 3.78. The number of carbonyl (C=O) groups is 1. The van der Waals surface area contributed by atoms with Crippen LogP contribution in [0.25, 0.3) is 33.5 Å². The van der Waals surface area contributed by atoms with Gasteiger partial charge in [-0.15, -0.1) is 0 Å². The van der Waals surface area contributed by atoms with Crippen LogP contribution < -0.4 is 5.32 Å². The summed E-state index contributed by atoms with van der Waals surface area (Å²) in [6.07, 6.45) is 3.58. The second-order valence-corrected chi connectivity index (χ2v) is 8.07. The van der Waals surface area contributed by atoms with Crippen molar-refractivity contribution in [2.45, 2.75) is 13.0 Å². The molecule has 3 aromatic carbocycles. The molecule has 35 heavy (non-hydrogen) atoms. The zero-order chi connectivity index (χ0) is 24.2. The molecule has 0 saturated carbocycles. The van der Waals surface area contributed by atoms with Crippen molar-refractivity contribution in [2.75, 3.05) is 0 Å². The lowest BCUT2D eigenvalue weighted by Crippen LogP contribution is -2.24. The van der Waals surface area contributed by atoms with Crippen LogP contribution in [-0.2, 0) is 17.8 Å². The summed E-state index contributed by atoms with van der Waals surface area (Å²) in [5, 5.41) is 2.92. The maximum absolute atomic E-state index is 13.5. The molecule has 0 aliphatic heterocycles. The molecule has 2 heterocycles. The first-order chi connectivity index (χ1) is 17.0. The van der Waals surface area contributed by atoms with Gasteiger partial charge in [0.25, 0.3) is 0 Å². The molecular formula is C28H22F2N4O. The summed E-state index contributed by atoms with van der Waals surface area (Å²) < 4.78 is 27.1.